The fraction of sp³-hybridized carbons (Fsp3) is 0.900. The predicted molar refractivity (Wildman–Crippen MR) is 89.8 cm³/mol. The minimum absolute atomic E-state index is 0.116. The molecule has 2 bridgehead atoms. The van der Waals surface area contributed by atoms with Gasteiger partial charge in [-0.15, -0.1) is 0 Å². The maximum absolute atomic E-state index is 10.1. The molecule has 4 aliphatic rings. The molecule has 3 heteroatoms. The maximum Gasteiger partial charge on any atom is 0.103 e. The molecule has 130 valence electrons. The van der Waals surface area contributed by atoms with Crippen molar-refractivity contribution in [3.05, 3.63) is 11.6 Å². The third kappa shape index (κ3) is 2.12. The van der Waals surface area contributed by atoms with E-state index in [0.29, 0.717) is 35.9 Å². The second-order valence-electron chi connectivity index (χ2n) is 9.52. The summed E-state index contributed by atoms with van der Waals surface area (Å²) < 4.78 is 0. The average molecular weight is 320 g/mol. The lowest BCUT2D eigenvalue weighted by Crippen LogP contribution is -2.57. The zero-order valence-electron chi connectivity index (χ0n) is 14.7. The molecular weight excluding hydrogens is 288 g/mol. The second kappa shape index (κ2) is 5.31. The van der Waals surface area contributed by atoms with Gasteiger partial charge in [0.15, 0.2) is 0 Å². The number of fused-ring (bicyclic) bond motifs is 3. The van der Waals surface area contributed by atoms with E-state index in [-0.39, 0.29) is 5.41 Å². The highest BCUT2D eigenvalue weighted by Crippen LogP contribution is 2.70. The Labute approximate surface area is 140 Å². The van der Waals surface area contributed by atoms with Crippen LogP contribution in [0.25, 0.3) is 0 Å². The average Bonchev–Trinajstić information content (AvgIpc) is 2.78. The molecular formula is C20H32O3. The van der Waals surface area contributed by atoms with Gasteiger partial charge in [-0.25, -0.2) is 4.89 Å². The van der Waals surface area contributed by atoms with Crippen molar-refractivity contribution in [2.75, 3.05) is 13.2 Å². The van der Waals surface area contributed by atoms with E-state index < -0.39 is 0 Å². The Morgan fingerprint density at radius 3 is 2.70 bits per heavy atom. The van der Waals surface area contributed by atoms with E-state index in [0.717, 1.165) is 5.92 Å². The van der Waals surface area contributed by atoms with Gasteiger partial charge in [0.25, 0.3) is 0 Å². The zero-order chi connectivity index (χ0) is 16.3. The summed E-state index contributed by atoms with van der Waals surface area (Å²) in [5.41, 5.74) is 2.17. The van der Waals surface area contributed by atoms with Crippen molar-refractivity contribution in [3.8, 4) is 0 Å². The van der Waals surface area contributed by atoms with Crippen LogP contribution in [-0.4, -0.2) is 23.6 Å². The number of hydrogen-bond acceptors (Lipinski definition) is 3. The molecule has 6 atom stereocenters. The Morgan fingerprint density at radius 1 is 1.13 bits per heavy atom. The summed E-state index contributed by atoms with van der Waals surface area (Å²) in [5, 5.41) is 19.0. The fourth-order valence-electron chi connectivity index (χ4n) is 7.61. The molecule has 0 radical (unpaired) electrons. The number of hydrogen-bond donors (Lipinski definition) is 2. The molecule has 0 aromatic rings. The molecule has 0 aliphatic heterocycles. The van der Waals surface area contributed by atoms with Gasteiger partial charge in [-0.05, 0) is 84.5 Å². The van der Waals surface area contributed by atoms with E-state index in [9.17, 15) is 5.11 Å². The number of allylic oxidation sites excluding steroid dienone is 1. The molecule has 0 aromatic heterocycles. The van der Waals surface area contributed by atoms with Crippen molar-refractivity contribution in [2.24, 2.45) is 34.0 Å². The standard InChI is InChI=1S/C20H32O3/c1-18(13-21)7-3-8-19(2)16(18)6-9-20-10-14(4-5-17(19)20)15(11-20)12-23-22/h11,14,16-17,21-22H,3-10,12-13H2,1-2H3/t14-,16-,17+,18-,19-,20+/m1/s1. The lowest BCUT2D eigenvalue weighted by molar-refractivity contribution is -0.235. The smallest absolute Gasteiger partial charge is 0.103 e. The highest BCUT2D eigenvalue weighted by molar-refractivity contribution is 5.28. The Morgan fingerprint density at radius 2 is 1.96 bits per heavy atom. The van der Waals surface area contributed by atoms with Crippen LogP contribution in [0.5, 0.6) is 0 Å². The van der Waals surface area contributed by atoms with Crippen molar-refractivity contribution in [3.63, 3.8) is 0 Å². The van der Waals surface area contributed by atoms with Gasteiger partial charge in [-0.2, -0.15) is 0 Å². The molecule has 2 N–H and O–H groups in total. The van der Waals surface area contributed by atoms with Crippen LogP contribution >= 0.6 is 0 Å². The minimum atomic E-state index is 0.116. The van der Waals surface area contributed by atoms with E-state index in [1.54, 1.807) is 0 Å². The summed E-state index contributed by atoms with van der Waals surface area (Å²) >= 11 is 0. The third-order valence-corrected chi connectivity index (χ3v) is 8.51. The van der Waals surface area contributed by atoms with E-state index in [1.807, 2.05) is 0 Å². The molecule has 4 rings (SSSR count). The SMILES string of the molecule is C[C@]1(CO)CCC[C@]2(C)[C@@H]1CC[C@]13C=C(COO)[C@H](CC[C@H]12)C3. The van der Waals surface area contributed by atoms with Crippen LogP contribution in [0.3, 0.4) is 0 Å². The van der Waals surface area contributed by atoms with Crippen LogP contribution in [0.2, 0.25) is 0 Å². The Kier molecular flexibility index (Phi) is 3.72. The van der Waals surface area contributed by atoms with Gasteiger partial charge in [-0.3, -0.25) is 5.26 Å². The van der Waals surface area contributed by atoms with E-state index >= 15 is 0 Å². The molecule has 0 amide bonds. The normalized spacial score (nSPS) is 51.8. The molecule has 3 nitrogen and oxygen atoms in total. The Balaban J connectivity index is 1.70. The lowest BCUT2D eigenvalue weighted by Gasteiger charge is -2.64. The monoisotopic (exact) mass is 320 g/mol. The fourth-order valence-corrected chi connectivity index (χ4v) is 7.61. The number of aliphatic hydroxyl groups is 1. The second-order valence-corrected chi connectivity index (χ2v) is 9.52. The van der Waals surface area contributed by atoms with Crippen LogP contribution in [0.1, 0.15) is 65.2 Å². The van der Waals surface area contributed by atoms with Gasteiger partial charge in [-0.1, -0.05) is 26.3 Å². The minimum Gasteiger partial charge on any atom is -0.396 e. The molecule has 0 aromatic carbocycles. The van der Waals surface area contributed by atoms with Crippen LogP contribution in [0.15, 0.2) is 11.6 Å². The first-order chi connectivity index (χ1) is 11.0. The topological polar surface area (TPSA) is 49.7 Å². The summed E-state index contributed by atoms with van der Waals surface area (Å²) in [4.78, 5) is 4.49. The van der Waals surface area contributed by atoms with Crippen LogP contribution in [0.4, 0.5) is 0 Å². The van der Waals surface area contributed by atoms with Gasteiger partial charge in [0.05, 0.1) is 0 Å². The highest BCUT2D eigenvalue weighted by Gasteiger charge is 2.62. The molecule has 0 saturated heterocycles. The van der Waals surface area contributed by atoms with Gasteiger partial charge < -0.3 is 5.11 Å². The Hall–Kier alpha value is -0.380. The van der Waals surface area contributed by atoms with Crippen molar-refractivity contribution in [2.45, 2.75) is 65.2 Å². The maximum atomic E-state index is 10.1. The summed E-state index contributed by atoms with van der Waals surface area (Å²) in [6.07, 6.45) is 12.6. The number of aliphatic hydroxyl groups excluding tert-OH is 1. The van der Waals surface area contributed by atoms with Crippen molar-refractivity contribution >= 4 is 0 Å². The molecule has 0 unspecified atom stereocenters. The van der Waals surface area contributed by atoms with Gasteiger partial charge >= 0.3 is 0 Å². The molecule has 0 heterocycles. The van der Waals surface area contributed by atoms with Gasteiger partial charge in [0.1, 0.15) is 6.61 Å². The van der Waals surface area contributed by atoms with Gasteiger partial charge in [0.2, 0.25) is 0 Å². The largest absolute Gasteiger partial charge is 0.396 e. The summed E-state index contributed by atoms with van der Waals surface area (Å²) in [5.74, 6) is 2.03. The zero-order valence-corrected chi connectivity index (χ0v) is 14.7. The van der Waals surface area contributed by atoms with Crippen LogP contribution in [0, 0.1) is 34.0 Å². The van der Waals surface area contributed by atoms with Crippen molar-refractivity contribution in [1.82, 2.24) is 0 Å². The Bertz CT molecular complexity index is 515. The van der Waals surface area contributed by atoms with E-state index in [2.05, 4.69) is 24.8 Å². The summed E-state index contributed by atoms with van der Waals surface area (Å²) in [6, 6.07) is 0. The molecule has 3 fully saturated rings. The van der Waals surface area contributed by atoms with Crippen molar-refractivity contribution < 1.29 is 15.3 Å². The summed E-state index contributed by atoms with van der Waals surface area (Å²) in [7, 11) is 0. The first-order valence-corrected chi connectivity index (χ1v) is 9.56. The molecule has 23 heavy (non-hydrogen) atoms. The van der Waals surface area contributed by atoms with Crippen LogP contribution < -0.4 is 0 Å². The predicted octanol–water partition coefficient (Wildman–Crippen LogP) is 4.42. The first-order valence-electron chi connectivity index (χ1n) is 9.56. The van der Waals surface area contributed by atoms with Crippen molar-refractivity contribution in [1.29, 1.82) is 0 Å². The molecule has 1 spiro atoms. The highest BCUT2D eigenvalue weighted by atomic mass is 17.1. The quantitative estimate of drug-likeness (QED) is 0.460. The first kappa shape index (κ1) is 16.1. The van der Waals surface area contributed by atoms with E-state index in [1.165, 1.54) is 56.9 Å². The molecule has 3 saturated carbocycles. The van der Waals surface area contributed by atoms with E-state index in [4.69, 9.17) is 5.26 Å². The molecule has 4 aliphatic carbocycles. The lowest BCUT2D eigenvalue weighted by atomic mass is 9.41. The third-order valence-electron chi connectivity index (χ3n) is 8.51. The van der Waals surface area contributed by atoms with Crippen LogP contribution in [-0.2, 0) is 4.89 Å². The summed E-state index contributed by atoms with van der Waals surface area (Å²) in [6.45, 7) is 5.60. The number of rotatable bonds is 3. The van der Waals surface area contributed by atoms with Gasteiger partial charge in [0, 0.05) is 6.61 Å².